The van der Waals surface area contributed by atoms with Gasteiger partial charge in [-0.1, -0.05) is 0 Å². The molecule has 0 saturated carbocycles. The SMILES string of the molecule is O=C(O)c1cc(F)c(N2CCCCC2)cc1O. The maximum atomic E-state index is 13.8. The van der Waals surface area contributed by atoms with Crippen molar-refractivity contribution >= 4 is 11.7 Å². The normalized spacial score (nSPS) is 15.9. The summed E-state index contributed by atoms with van der Waals surface area (Å²) < 4.78 is 13.8. The summed E-state index contributed by atoms with van der Waals surface area (Å²) in [5, 5.41) is 18.3. The van der Waals surface area contributed by atoms with Gasteiger partial charge in [-0.2, -0.15) is 0 Å². The molecule has 0 amide bonds. The van der Waals surface area contributed by atoms with Crippen molar-refractivity contribution < 1.29 is 19.4 Å². The number of nitrogens with zero attached hydrogens (tertiary/aromatic N) is 1. The third-order valence-corrected chi connectivity index (χ3v) is 2.99. The summed E-state index contributed by atoms with van der Waals surface area (Å²) in [6.45, 7) is 1.48. The molecule has 0 aliphatic carbocycles. The first kappa shape index (κ1) is 11.7. The number of carboxylic acids is 1. The van der Waals surface area contributed by atoms with E-state index in [2.05, 4.69) is 0 Å². The second-order valence-corrected chi connectivity index (χ2v) is 4.17. The van der Waals surface area contributed by atoms with Crippen LogP contribution in [0, 0.1) is 5.82 Å². The van der Waals surface area contributed by atoms with Crippen LogP contribution in [0.3, 0.4) is 0 Å². The zero-order chi connectivity index (χ0) is 12.4. The van der Waals surface area contributed by atoms with Crippen LogP contribution in [-0.4, -0.2) is 29.3 Å². The summed E-state index contributed by atoms with van der Waals surface area (Å²) in [5.74, 6) is -2.31. The van der Waals surface area contributed by atoms with E-state index in [9.17, 15) is 14.3 Å². The Morgan fingerprint density at radius 2 is 1.88 bits per heavy atom. The number of hydrogen-bond acceptors (Lipinski definition) is 3. The van der Waals surface area contributed by atoms with Gasteiger partial charge in [0.1, 0.15) is 17.1 Å². The fourth-order valence-electron chi connectivity index (χ4n) is 2.10. The molecule has 5 heteroatoms. The molecule has 0 aromatic heterocycles. The molecule has 0 unspecified atom stereocenters. The van der Waals surface area contributed by atoms with Crippen LogP contribution in [0.15, 0.2) is 12.1 Å². The lowest BCUT2D eigenvalue weighted by Crippen LogP contribution is -2.30. The highest BCUT2D eigenvalue weighted by Crippen LogP contribution is 2.30. The fourth-order valence-corrected chi connectivity index (χ4v) is 2.10. The molecule has 17 heavy (non-hydrogen) atoms. The van der Waals surface area contributed by atoms with E-state index in [1.54, 1.807) is 0 Å². The number of carboxylic acid groups (broad SMARTS) is 1. The minimum absolute atomic E-state index is 0.284. The molecule has 2 rings (SSSR count). The third kappa shape index (κ3) is 2.33. The van der Waals surface area contributed by atoms with Gasteiger partial charge in [0.05, 0.1) is 5.69 Å². The molecule has 0 bridgehead atoms. The highest BCUT2D eigenvalue weighted by molar-refractivity contribution is 5.91. The molecule has 1 aliphatic heterocycles. The largest absolute Gasteiger partial charge is 0.507 e. The first-order valence-electron chi connectivity index (χ1n) is 5.60. The zero-order valence-electron chi connectivity index (χ0n) is 9.32. The Kier molecular flexibility index (Phi) is 3.17. The smallest absolute Gasteiger partial charge is 0.339 e. The van der Waals surface area contributed by atoms with Crippen LogP contribution in [-0.2, 0) is 0 Å². The molecule has 2 N–H and O–H groups in total. The number of aromatic hydroxyl groups is 1. The molecule has 0 spiro atoms. The van der Waals surface area contributed by atoms with E-state index in [0.29, 0.717) is 0 Å². The van der Waals surface area contributed by atoms with Crippen molar-refractivity contribution in [2.24, 2.45) is 0 Å². The van der Waals surface area contributed by atoms with Gasteiger partial charge in [0, 0.05) is 19.2 Å². The van der Waals surface area contributed by atoms with Crippen molar-refractivity contribution in [1.82, 2.24) is 0 Å². The lowest BCUT2D eigenvalue weighted by Gasteiger charge is -2.29. The minimum atomic E-state index is -1.33. The zero-order valence-corrected chi connectivity index (χ0v) is 9.32. The van der Waals surface area contributed by atoms with E-state index in [1.807, 2.05) is 4.90 Å². The van der Waals surface area contributed by atoms with Gasteiger partial charge in [0.25, 0.3) is 0 Å². The summed E-state index contributed by atoms with van der Waals surface area (Å²) >= 11 is 0. The second-order valence-electron chi connectivity index (χ2n) is 4.17. The fraction of sp³-hybridized carbons (Fsp3) is 0.417. The molecule has 1 fully saturated rings. The Morgan fingerprint density at radius 3 is 2.47 bits per heavy atom. The molecule has 1 aromatic rings. The van der Waals surface area contributed by atoms with Crippen molar-refractivity contribution in [3.05, 3.63) is 23.5 Å². The van der Waals surface area contributed by atoms with Crippen LogP contribution in [0.2, 0.25) is 0 Å². The Hall–Kier alpha value is -1.78. The Bertz CT molecular complexity index is 442. The van der Waals surface area contributed by atoms with Crippen LogP contribution in [0.1, 0.15) is 29.6 Å². The predicted molar refractivity (Wildman–Crippen MR) is 61.1 cm³/mol. The number of aromatic carboxylic acids is 1. The molecule has 1 heterocycles. The van der Waals surface area contributed by atoms with Crippen LogP contribution in [0.4, 0.5) is 10.1 Å². The van der Waals surface area contributed by atoms with Gasteiger partial charge in [-0.05, 0) is 25.3 Å². The standard InChI is InChI=1S/C12H14FNO3/c13-9-6-8(12(16)17)11(15)7-10(9)14-4-2-1-3-5-14/h6-7,15H,1-5H2,(H,16,17). The Morgan fingerprint density at radius 1 is 1.24 bits per heavy atom. The summed E-state index contributed by atoms with van der Waals surface area (Å²) in [7, 11) is 0. The molecule has 1 aliphatic rings. The van der Waals surface area contributed by atoms with Crippen LogP contribution in [0.5, 0.6) is 5.75 Å². The molecular weight excluding hydrogens is 225 g/mol. The summed E-state index contributed by atoms with van der Waals surface area (Å²) in [6.07, 6.45) is 3.10. The first-order valence-corrected chi connectivity index (χ1v) is 5.60. The number of anilines is 1. The van der Waals surface area contributed by atoms with Crippen molar-refractivity contribution in [3.63, 3.8) is 0 Å². The van der Waals surface area contributed by atoms with Crippen molar-refractivity contribution in [2.45, 2.75) is 19.3 Å². The minimum Gasteiger partial charge on any atom is -0.507 e. The van der Waals surface area contributed by atoms with E-state index in [0.717, 1.165) is 38.4 Å². The Labute approximate surface area is 98.3 Å². The van der Waals surface area contributed by atoms with Gasteiger partial charge >= 0.3 is 5.97 Å². The second kappa shape index (κ2) is 4.61. The van der Waals surface area contributed by atoms with Crippen molar-refractivity contribution in [1.29, 1.82) is 0 Å². The molecular formula is C12H14FNO3. The van der Waals surface area contributed by atoms with Crippen LogP contribution >= 0.6 is 0 Å². The monoisotopic (exact) mass is 239 g/mol. The average molecular weight is 239 g/mol. The maximum absolute atomic E-state index is 13.8. The topological polar surface area (TPSA) is 60.8 Å². The number of rotatable bonds is 2. The van der Waals surface area contributed by atoms with Crippen molar-refractivity contribution in [3.8, 4) is 5.75 Å². The van der Waals surface area contributed by atoms with Crippen LogP contribution < -0.4 is 4.90 Å². The molecule has 1 aromatic carbocycles. The van der Waals surface area contributed by atoms with E-state index in [-0.39, 0.29) is 11.4 Å². The predicted octanol–water partition coefficient (Wildman–Crippen LogP) is 2.22. The van der Waals surface area contributed by atoms with E-state index in [4.69, 9.17) is 5.11 Å². The van der Waals surface area contributed by atoms with Gasteiger partial charge in [-0.3, -0.25) is 0 Å². The number of hydrogen-bond donors (Lipinski definition) is 2. The number of phenols is 1. The molecule has 4 nitrogen and oxygen atoms in total. The highest BCUT2D eigenvalue weighted by Gasteiger charge is 2.19. The highest BCUT2D eigenvalue weighted by atomic mass is 19.1. The first-order chi connectivity index (χ1) is 8.09. The Balaban J connectivity index is 2.35. The van der Waals surface area contributed by atoms with Gasteiger partial charge in [0.2, 0.25) is 0 Å². The van der Waals surface area contributed by atoms with Gasteiger partial charge in [0.15, 0.2) is 0 Å². The number of benzene rings is 1. The molecule has 0 radical (unpaired) electrons. The molecule has 92 valence electrons. The summed E-state index contributed by atoms with van der Waals surface area (Å²) in [5.41, 5.74) is -0.115. The maximum Gasteiger partial charge on any atom is 0.339 e. The van der Waals surface area contributed by atoms with E-state index in [1.165, 1.54) is 6.07 Å². The van der Waals surface area contributed by atoms with E-state index >= 15 is 0 Å². The number of piperidine rings is 1. The number of halogens is 1. The van der Waals surface area contributed by atoms with Crippen molar-refractivity contribution in [2.75, 3.05) is 18.0 Å². The van der Waals surface area contributed by atoms with Gasteiger partial charge < -0.3 is 15.1 Å². The van der Waals surface area contributed by atoms with E-state index < -0.39 is 17.3 Å². The average Bonchev–Trinajstić information content (AvgIpc) is 2.32. The molecule has 0 atom stereocenters. The number of carbonyl (C=O) groups is 1. The quantitative estimate of drug-likeness (QED) is 0.830. The summed E-state index contributed by atoms with van der Waals surface area (Å²) in [6, 6.07) is 2.08. The van der Waals surface area contributed by atoms with Gasteiger partial charge in [-0.15, -0.1) is 0 Å². The van der Waals surface area contributed by atoms with Gasteiger partial charge in [-0.25, -0.2) is 9.18 Å². The van der Waals surface area contributed by atoms with Crippen LogP contribution in [0.25, 0.3) is 0 Å². The summed E-state index contributed by atoms with van der Waals surface area (Å²) in [4.78, 5) is 12.6. The molecule has 1 saturated heterocycles. The lowest BCUT2D eigenvalue weighted by atomic mass is 10.1. The third-order valence-electron chi connectivity index (χ3n) is 2.99. The lowest BCUT2D eigenvalue weighted by molar-refractivity contribution is 0.0693.